The maximum atomic E-state index is 12.3. The Bertz CT molecular complexity index is 715. The molecule has 0 saturated carbocycles. The van der Waals surface area contributed by atoms with Crippen molar-refractivity contribution >= 4 is 23.5 Å². The third-order valence-corrected chi connectivity index (χ3v) is 4.48. The molecule has 7 heteroatoms. The predicted molar refractivity (Wildman–Crippen MR) is 94.9 cm³/mol. The van der Waals surface area contributed by atoms with E-state index in [1.807, 2.05) is 12.1 Å². The summed E-state index contributed by atoms with van der Waals surface area (Å²) in [6.07, 6.45) is 2.61. The van der Waals surface area contributed by atoms with Crippen LogP contribution in [0.5, 0.6) is 17.2 Å². The largest absolute Gasteiger partial charge is 0.493 e. The summed E-state index contributed by atoms with van der Waals surface area (Å²) < 4.78 is 15.7. The molecule has 0 spiro atoms. The molecule has 0 fully saturated rings. The number of benzene rings is 1. The van der Waals surface area contributed by atoms with Gasteiger partial charge in [-0.2, -0.15) is 5.10 Å². The van der Waals surface area contributed by atoms with Gasteiger partial charge in [0.1, 0.15) is 0 Å². The highest BCUT2D eigenvalue weighted by molar-refractivity contribution is 7.13. The van der Waals surface area contributed by atoms with Gasteiger partial charge in [-0.15, -0.1) is 11.3 Å². The Labute approximate surface area is 145 Å². The molecule has 0 aliphatic carbocycles. The summed E-state index contributed by atoms with van der Waals surface area (Å²) in [6, 6.07) is 7.17. The summed E-state index contributed by atoms with van der Waals surface area (Å²) in [5, 5.41) is 3.99. The van der Waals surface area contributed by atoms with Crippen LogP contribution in [0, 0.1) is 0 Å². The highest BCUT2D eigenvalue weighted by atomic mass is 32.1. The lowest BCUT2D eigenvalue weighted by Gasteiger charge is -2.13. The van der Waals surface area contributed by atoms with Crippen LogP contribution in [-0.4, -0.2) is 33.5 Å². The molecule has 1 amide bonds. The number of aryl methyl sites for hydroxylation is 1. The molecule has 0 aliphatic rings. The quantitative estimate of drug-likeness (QED) is 0.617. The van der Waals surface area contributed by atoms with Crippen molar-refractivity contribution in [3.8, 4) is 17.2 Å². The number of methoxy groups -OCH3 is 3. The fourth-order valence-electron chi connectivity index (χ4n) is 2.09. The van der Waals surface area contributed by atoms with Crippen LogP contribution in [0.15, 0.2) is 29.4 Å². The molecule has 2 rings (SSSR count). The maximum absolute atomic E-state index is 12.3. The molecule has 1 aromatic carbocycles. The molecule has 0 saturated heterocycles. The summed E-state index contributed by atoms with van der Waals surface area (Å²) in [5.74, 6) is 0.900. The van der Waals surface area contributed by atoms with Gasteiger partial charge in [-0.25, -0.2) is 5.43 Å². The second kappa shape index (κ2) is 8.35. The summed E-state index contributed by atoms with van der Waals surface area (Å²) in [5.41, 5.74) is 2.86. The molecule has 0 bridgehead atoms. The minimum Gasteiger partial charge on any atom is -0.493 e. The topological polar surface area (TPSA) is 69.2 Å². The average Bonchev–Trinajstić information content (AvgIpc) is 3.08. The van der Waals surface area contributed by atoms with E-state index in [1.54, 1.807) is 29.7 Å². The van der Waals surface area contributed by atoms with E-state index in [9.17, 15) is 4.79 Å². The molecular weight excluding hydrogens is 328 g/mol. The molecule has 0 aliphatic heterocycles. The van der Waals surface area contributed by atoms with Crippen LogP contribution in [0.4, 0.5) is 0 Å². The van der Waals surface area contributed by atoms with Gasteiger partial charge < -0.3 is 14.2 Å². The average molecular weight is 348 g/mol. The van der Waals surface area contributed by atoms with Crippen LogP contribution < -0.4 is 19.6 Å². The Morgan fingerprint density at radius 2 is 1.83 bits per heavy atom. The standard InChI is InChI=1S/C17H20N2O4S/c1-5-12-6-7-13(24-12)10-18-19-17(20)11-8-14(21-2)16(23-4)15(9-11)22-3/h6-10H,5H2,1-4H3,(H,19,20). The molecule has 0 radical (unpaired) electrons. The van der Waals surface area contributed by atoms with Crippen LogP contribution in [0.25, 0.3) is 0 Å². The number of amides is 1. The van der Waals surface area contributed by atoms with Crippen molar-refractivity contribution in [3.63, 3.8) is 0 Å². The van der Waals surface area contributed by atoms with Gasteiger partial charge in [-0.3, -0.25) is 4.79 Å². The van der Waals surface area contributed by atoms with Crippen LogP contribution in [0.3, 0.4) is 0 Å². The molecule has 1 aromatic heterocycles. The van der Waals surface area contributed by atoms with Crippen molar-refractivity contribution in [1.82, 2.24) is 5.43 Å². The van der Waals surface area contributed by atoms with Crippen LogP contribution >= 0.6 is 11.3 Å². The molecule has 128 valence electrons. The smallest absolute Gasteiger partial charge is 0.271 e. The van der Waals surface area contributed by atoms with E-state index >= 15 is 0 Å². The van der Waals surface area contributed by atoms with Crippen molar-refractivity contribution in [2.24, 2.45) is 5.10 Å². The van der Waals surface area contributed by atoms with E-state index in [-0.39, 0.29) is 5.91 Å². The fraction of sp³-hybridized carbons (Fsp3) is 0.294. The van der Waals surface area contributed by atoms with Gasteiger partial charge in [0.25, 0.3) is 5.91 Å². The third-order valence-electron chi connectivity index (χ3n) is 3.32. The number of hydrazone groups is 1. The zero-order valence-corrected chi connectivity index (χ0v) is 14.9. The predicted octanol–water partition coefficient (Wildman–Crippen LogP) is 3.10. The monoisotopic (exact) mass is 348 g/mol. The molecule has 6 nitrogen and oxygen atoms in total. The lowest BCUT2D eigenvalue weighted by atomic mass is 10.1. The van der Waals surface area contributed by atoms with Gasteiger partial charge in [0.15, 0.2) is 11.5 Å². The van der Waals surface area contributed by atoms with Crippen molar-refractivity contribution < 1.29 is 19.0 Å². The number of thiophene rings is 1. The summed E-state index contributed by atoms with van der Waals surface area (Å²) in [6.45, 7) is 2.10. The minimum atomic E-state index is -0.363. The number of carbonyl (C=O) groups is 1. The van der Waals surface area contributed by atoms with Crippen molar-refractivity contribution in [3.05, 3.63) is 39.6 Å². The van der Waals surface area contributed by atoms with Crippen LogP contribution in [0.1, 0.15) is 27.0 Å². The Kier molecular flexibility index (Phi) is 6.20. The first-order valence-corrected chi connectivity index (χ1v) is 8.16. The van der Waals surface area contributed by atoms with Gasteiger partial charge in [0, 0.05) is 15.3 Å². The van der Waals surface area contributed by atoms with Crippen molar-refractivity contribution in [2.45, 2.75) is 13.3 Å². The number of nitrogens with one attached hydrogen (secondary N) is 1. The van der Waals surface area contributed by atoms with E-state index in [0.717, 1.165) is 11.3 Å². The van der Waals surface area contributed by atoms with E-state index in [2.05, 4.69) is 17.5 Å². The second-order valence-corrected chi connectivity index (χ2v) is 5.97. The Balaban J connectivity index is 2.14. The van der Waals surface area contributed by atoms with E-state index < -0.39 is 0 Å². The normalized spacial score (nSPS) is 10.7. The van der Waals surface area contributed by atoms with Crippen molar-refractivity contribution in [2.75, 3.05) is 21.3 Å². The van der Waals surface area contributed by atoms with E-state index in [4.69, 9.17) is 14.2 Å². The SMILES string of the molecule is CCc1ccc(C=NNC(=O)c2cc(OC)c(OC)c(OC)c2)s1. The zero-order valence-electron chi connectivity index (χ0n) is 14.1. The number of hydrogen-bond donors (Lipinski definition) is 1. The zero-order chi connectivity index (χ0) is 17.5. The number of ether oxygens (including phenoxy) is 3. The van der Waals surface area contributed by atoms with Gasteiger partial charge in [-0.05, 0) is 30.7 Å². The Morgan fingerprint density at radius 1 is 1.17 bits per heavy atom. The summed E-state index contributed by atoms with van der Waals surface area (Å²) in [4.78, 5) is 14.5. The minimum absolute atomic E-state index is 0.363. The van der Waals surface area contributed by atoms with E-state index in [0.29, 0.717) is 22.8 Å². The van der Waals surface area contributed by atoms with E-state index in [1.165, 1.54) is 26.2 Å². The van der Waals surface area contributed by atoms with Gasteiger partial charge in [-0.1, -0.05) is 6.92 Å². The lowest BCUT2D eigenvalue weighted by Crippen LogP contribution is -2.17. The third kappa shape index (κ3) is 4.05. The maximum Gasteiger partial charge on any atom is 0.271 e. The highest BCUT2D eigenvalue weighted by Gasteiger charge is 2.16. The van der Waals surface area contributed by atoms with Crippen LogP contribution in [0.2, 0.25) is 0 Å². The lowest BCUT2D eigenvalue weighted by molar-refractivity contribution is 0.0954. The number of carbonyl (C=O) groups excluding carboxylic acids is 1. The molecule has 2 aromatic rings. The Morgan fingerprint density at radius 3 is 2.33 bits per heavy atom. The van der Waals surface area contributed by atoms with Gasteiger partial charge in [0.2, 0.25) is 5.75 Å². The van der Waals surface area contributed by atoms with Gasteiger partial charge >= 0.3 is 0 Å². The first kappa shape index (κ1) is 17.8. The molecular formula is C17H20N2O4S. The highest BCUT2D eigenvalue weighted by Crippen LogP contribution is 2.38. The van der Waals surface area contributed by atoms with Crippen molar-refractivity contribution in [1.29, 1.82) is 0 Å². The first-order valence-electron chi connectivity index (χ1n) is 7.35. The first-order chi connectivity index (χ1) is 11.6. The number of nitrogens with zero attached hydrogens (tertiary/aromatic N) is 1. The summed E-state index contributed by atoms with van der Waals surface area (Å²) in [7, 11) is 4.51. The number of rotatable bonds is 7. The summed E-state index contributed by atoms with van der Waals surface area (Å²) >= 11 is 1.64. The second-order valence-electron chi connectivity index (χ2n) is 4.77. The van der Waals surface area contributed by atoms with Crippen LogP contribution in [-0.2, 0) is 6.42 Å². The fourth-order valence-corrected chi connectivity index (χ4v) is 2.91. The molecule has 1 N–H and O–H groups in total. The molecule has 0 atom stereocenters. The molecule has 1 heterocycles. The molecule has 0 unspecified atom stereocenters. The van der Waals surface area contributed by atoms with Gasteiger partial charge in [0.05, 0.1) is 27.5 Å². The molecule has 24 heavy (non-hydrogen) atoms. The number of hydrogen-bond acceptors (Lipinski definition) is 6. The Hall–Kier alpha value is -2.54.